The lowest BCUT2D eigenvalue weighted by Crippen LogP contribution is -2.02. The molecule has 0 bridgehead atoms. The van der Waals surface area contributed by atoms with Gasteiger partial charge in [-0.15, -0.1) is 0 Å². The topological polar surface area (TPSA) is 42.1 Å². The van der Waals surface area contributed by atoms with E-state index in [2.05, 4.69) is 4.98 Å². The molecule has 13 heavy (non-hydrogen) atoms. The van der Waals surface area contributed by atoms with Crippen molar-refractivity contribution in [3.05, 3.63) is 21.4 Å². The van der Waals surface area contributed by atoms with Gasteiger partial charge in [0.1, 0.15) is 4.51 Å². The molecule has 1 aromatic rings. The normalized spacial score (nSPS) is 9.77. The van der Waals surface area contributed by atoms with E-state index in [0.717, 1.165) is 5.69 Å². The molecule has 0 aliphatic heterocycles. The van der Waals surface area contributed by atoms with Crippen LogP contribution in [0.1, 0.15) is 12.6 Å². The smallest absolute Gasteiger partial charge is 0.308 e. The van der Waals surface area contributed by atoms with Gasteiger partial charge in [-0.05, 0) is 6.92 Å². The highest BCUT2D eigenvalue weighted by molar-refractivity contribution is 7.71. The van der Waals surface area contributed by atoms with Crippen molar-refractivity contribution in [2.45, 2.75) is 13.8 Å². The summed E-state index contributed by atoms with van der Waals surface area (Å²) in [5.41, 5.74) is 0.752. The van der Waals surface area contributed by atoms with Gasteiger partial charge in [0, 0.05) is 18.8 Å². The number of carbonyl (C=O) groups is 1. The Balaban J connectivity index is 3.19. The highest BCUT2D eigenvalue weighted by Gasteiger charge is 2.05. The number of rotatable bonds is 1. The van der Waals surface area contributed by atoms with Gasteiger partial charge in [-0.3, -0.25) is 4.79 Å². The van der Waals surface area contributed by atoms with Gasteiger partial charge in [-0.1, -0.05) is 23.8 Å². The molecule has 70 valence electrons. The van der Waals surface area contributed by atoms with E-state index >= 15 is 0 Å². The molecule has 0 saturated carbocycles. The van der Waals surface area contributed by atoms with Gasteiger partial charge >= 0.3 is 5.97 Å². The van der Waals surface area contributed by atoms with Gasteiger partial charge in [0.2, 0.25) is 0 Å². The first-order valence-electron chi connectivity index (χ1n) is 3.58. The first-order valence-corrected chi connectivity index (χ1v) is 4.37. The number of pyridine rings is 1. The van der Waals surface area contributed by atoms with Crippen molar-refractivity contribution in [3.63, 3.8) is 0 Å². The van der Waals surface area contributed by atoms with Crippen LogP contribution in [0.3, 0.4) is 0 Å². The molecule has 0 saturated heterocycles. The number of nitrogens with one attached hydrogen (secondary N) is 1. The second-order valence-electron chi connectivity index (χ2n) is 2.51. The molecule has 0 aliphatic carbocycles. The third-order valence-electron chi connectivity index (χ3n) is 1.43. The van der Waals surface area contributed by atoms with E-state index in [1.54, 1.807) is 6.92 Å². The second-order valence-corrected chi connectivity index (χ2v) is 3.30. The van der Waals surface area contributed by atoms with Crippen LogP contribution in [-0.2, 0) is 4.79 Å². The molecule has 0 spiro atoms. The van der Waals surface area contributed by atoms with Crippen LogP contribution in [0.2, 0.25) is 5.02 Å². The summed E-state index contributed by atoms with van der Waals surface area (Å²) >= 11 is 10.8. The van der Waals surface area contributed by atoms with Crippen LogP contribution >= 0.6 is 23.8 Å². The number of esters is 1. The van der Waals surface area contributed by atoms with Gasteiger partial charge in [-0.25, -0.2) is 0 Å². The largest absolute Gasteiger partial charge is 0.424 e. The molecule has 0 atom stereocenters. The summed E-state index contributed by atoms with van der Waals surface area (Å²) in [4.78, 5) is 13.5. The molecule has 3 nitrogen and oxygen atoms in total. The highest BCUT2D eigenvalue weighted by atomic mass is 35.5. The number of aromatic amines is 1. The number of ether oxygens (including phenoxy) is 1. The van der Waals surface area contributed by atoms with Gasteiger partial charge in [0.25, 0.3) is 0 Å². The van der Waals surface area contributed by atoms with Crippen molar-refractivity contribution in [3.8, 4) is 5.75 Å². The average Bonchev–Trinajstić information content (AvgIpc) is 2.06. The number of H-pyrrole nitrogens is 1. The quantitative estimate of drug-likeness (QED) is 0.581. The zero-order valence-corrected chi connectivity index (χ0v) is 8.75. The summed E-state index contributed by atoms with van der Waals surface area (Å²) in [5.74, 6) is -0.127. The maximum atomic E-state index is 10.6. The molecule has 5 heteroatoms. The number of hydrogen-bond acceptors (Lipinski definition) is 3. The Morgan fingerprint density at radius 1 is 1.69 bits per heavy atom. The number of halogens is 1. The number of carbonyl (C=O) groups excluding carboxylic acids is 1. The van der Waals surface area contributed by atoms with E-state index < -0.39 is 5.97 Å². The fourth-order valence-electron chi connectivity index (χ4n) is 0.812. The molecular formula is C8H8ClNO2S. The monoisotopic (exact) mass is 217 g/mol. The van der Waals surface area contributed by atoms with Gasteiger partial charge in [-0.2, -0.15) is 0 Å². The second kappa shape index (κ2) is 3.89. The average molecular weight is 218 g/mol. The molecule has 1 rings (SSSR count). The van der Waals surface area contributed by atoms with Crippen molar-refractivity contribution < 1.29 is 9.53 Å². The molecule has 0 aromatic carbocycles. The first kappa shape index (κ1) is 10.2. The maximum Gasteiger partial charge on any atom is 0.308 e. The lowest BCUT2D eigenvalue weighted by molar-refractivity contribution is -0.131. The van der Waals surface area contributed by atoms with E-state index in [9.17, 15) is 4.79 Å². The molecule has 1 aromatic heterocycles. The molecule has 0 radical (unpaired) electrons. The molecule has 0 aliphatic rings. The van der Waals surface area contributed by atoms with E-state index in [-0.39, 0.29) is 5.75 Å². The lowest BCUT2D eigenvalue weighted by atomic mass is 10.3. The predicted molar refractivity (Wildman–Crippen MR) is 52.7 cm³/mol. The van der Waals surface area contributed by atoms with Crippen molar-refractivity contribution in [1.29, 1.82) is 0 Å². The molecule has 0 fully saturated rings. The zero-order chi connectivity index (χ0) is 10.0. The standard InChI is InChI=1S/C8H8ClNO2S/c1-4-7(9)8(13)6(3-10-4)12-5(2)11/h3H,1-2H3,(H,10,13). The Labute approximate surface area is 85.7 Å². The third kappa shape index (κ3) is 2.29. The molecule has 0 amide bonds. The maximum absolute atomic E-state index is 10.6. The van der Waals surface area contributed by atoms with E-state index in [1.165, 1.54) is 13.1 Å². The highest BCUT2D eigenvalue weighted by Crippen LogP contribution is 2.22. The van der Waals surface area contributed by atoms with Gasteiger partial charge in [0.15, 0.2) is 5.75 Å². The Bertz CT molecular complexity index is 400. The van der Waals surface area contributed by atoms with Crippen LogP contribution in [0, 0.1) is 11.4 Å². The third-order valence-corrected chi connectivity index (χ3v) is 2.42. The minimum absolute atomic E-state index is 0.290. The van der Waals surface area contributed by atoms with E-state index in [4.69, 9.17) is 28.6 Å². The minimum Gasteiger partial charge on any atom is -0.424 e. The van der Waals surface area contributed by atoms with Gasteiger partial charge < -0.3 is 9.72 Å². The summed E-state index contributed by atoms with van der Waals surface area (Å²) in [6.45, 7) is 3.10. The summed E-state index contributed by atoms with van der Waals surface area (Å²) in [6, 6.07) is 0. The Kier molecular flexibility index (Phi) is 3.06. The van der Waals surface area contributed by atoms with Crippen LogP contribution in [-0.4, -0.2) is 11.0 Å². The van der Waals surface area contributed by atoms with Crippen LogP contribution in [0.4, 0.5) is 0 Å². The summed E-state index contributed by atoms with van der Waals surface area (Å²) < 4.78 is 5.18. The lowest BCUT2D eigenvalue weighted by Gasteiger charge is -2.03. The number of hydrogen-bond donors (Lipinski definition) is 1. The van der Waals surface area contributed by atoms with Crippen LogP contribution in [0.5, 0.6) is 5.75 Å². The molecular weight excluding hydrogens is 210 g/mol. The molecule has 0 unspecified atom stereocenters. The predicted octanol–water partition coefficient (Wildman–Crippen LogP) is 2.63. The Morgan fingerprint density at radius 3 is 2.85 bits per heavy atom. The van der Waals surface area contributed by atoms with E-state index in [1.807, 2.05) is 0 Å². The van der Waals surface area contributed by atoms with E-state index in [0.29, 0.717) is 9.53 Å². The van der Waals surface area contributed by atoms with Crippen molar-refractivity contribution >= 4 is 29.8 Å². The van der Waals surface area contributed by atoms with Crippen LogP contribution < -0.4 is 4.74 Å². The first-order chi connectivity index (χ1) is 6.02. The van der Waals surface area contributed by atoms with Crippen LogP contribution in [0.25, 0.3) is 0 Å². The fourth-order valence-corrected chi connectivity index (χ4v) is 1.21. The Morgan fingerprint density at radius 2 is 2.31 bits per heavy atom. The van der Waals surface area contributed by atoms with Crippen molar-refractivity contribution in [2.75, 3.05) is 0 Å². The summed E-state index contributed by atoms with van der Waals surface area (Å²) in [6.07, 6.45) is 1.52. The van der Waals surface area contributed by atoms with Crippen molar-refractivity contribution in [1.82, 2.24) is 4.98 Å². The summed E-state index contributed by atoms with van der Waals surface area (Å²) in [7, 11) is 0. The fraction of sp³-hybridized carbons (Fsp3) is 0.250. The Hall–Kier alpha value is -0.870. The number of aryl methyl sites for hydroxylation is 1. The van der Waals surface area contributed by atoms with Crippen molar-refractivity contribution in [2.24, 2.45) is 0 Å². The number of aromatic nitrogens is 1. The minimum atomic E-state index is -0.417. The zero-order valence-electron chi connectivity index (χ0n) is 7.18. The SMILES string of the molecule is CC(=O)Oc1c[nH]c(C)c(Cl)c1=S. The van der Waals surface area contributed by atoms with Crippen LogP contribution in [0.15, 0.2) is 6.20 Å². The molecule has 1 N–H and O–H groups in total. The molecule has 1 heterocycles. The van der Waals surface area contributed by atoms with Gasteiger partial charge in [0.05, 0.1) is 5.02 Å². The summed E-state index contributed by atoms with van der Waals surface area (Å²) in [5, 5.41) is 0.411.